The summed E-state index contributed by atoms with van der Waals surface area (Å²) in [4.78, 5) is 6.92. The van der Waals surface area contributed by atoms with Crippen LogP contribution in [0.1, 0.15) is 24.3 Å². The smallest absolute Gasteiger partial charge is 0.0955 e. The van der Waals surface area contributed by atoms with Gasteiger partial charge in [0.15, 0.2) is 0 Å². The van der Waals surface area contributed by atoms with Gasteiger partial charge in [-0.3, -0.25) is 0 Å². The topological polar surface area (TPSA) is 47.1 Å². The van der Waals surface area contributed by atoms with E-state index in [0.29, 0.717) is 5.92 Å². The molecule has 0 unspecified atom stereocenters. The van der Waals surface area contributed by atoms with Crippen LogP contribution in [0.4, 0.5) is 0 Å². The minimum Gasteiger partial charge on any atom is -0.334 e. The molecular weight excluding hydrogens is 236 g/mol. The Labute approximate surface area is 114 Å². The summed E-state index contributed by atoms with van der Waals surface area (Å²) in [6.07, 6.45) is 4.36. The molecule has 1 aliphatic heterocycles. The van der Waals surface area contributed by atoms with Gasteiger partial charge in [0.25, 0.3) is 0 Å². The zero-order chi connectivity index (χ0) is 13.2. The van der Waals surface area contributed by atoms with Crippen molar-refractivity contribution in [1.82, 2.24) is 14.5 Å². The zero-order valence-corrected chi connectivity index (χ0v) is 11.5. The summed E-state index contributed by atoms with van der Waals surface area (Å²) in [6, 6.07) is 6.73. The molecule has 0 spiro atoms. The highest BCUT2D eigenvalue weighted by atomic mass is 15.1. The molecule has 19 heavy (non-hydrogen) atoms. The Bertz CT molecular complexity index is 552. The number of hydrogen-bond donors (Lipinski definition) is 1. The maximum atomic E-state index is 5.62. The first-order chi connectivity index (χ1) is 9.28. The van der Waals surface area contributed by atoms with E-state index >= 15 is 0 Å². The maximum absolute atomic E-state index is 5.62. The SMILES string of the molecule is Cn1cnc2cc(C3CCN(CCN)CC3)ccc21. The van der Waals surface area contributed by atoms with Crippen molar-refractivity contribution in [3.05, 3.63) is 30.1 Å². The predicted molar refractivity (Wildman–Crippen MR) is 78.2 cm³/mol. The van der Waals surface area contributed by atoms with Gasteiger partial charge in [0.2, 0.25) is 0 Å². The van der Waals surface area contributed by atoms with Gasteiger partial charge in [-0.15, -0.1) is 0 Å². The molecule has 0 radical (unpaired) electrons. The molecular formula is C15H22N4. The minimum absolute atomic E-state index is 0.681. The number of rotatable bonds is 3. The van der Waals surface area contributed by atoms with Crippen molar-refractivity contribution in [3.63, 3.8) is 0 Å². The lowest BCUT2D eigenvalue weighted by molar-refractivity contribution is 0.218. The van der Waals surface area contributed by atoms with E-state index in [4.69, 9.17) is 5.73 Å². The van der Waals surface area contributed by atoms with Crippen molar-refractivity contribution in [2.75, 3.05) is 26.2 Å². The number of aromatic nitrogens is 2. The number of imidazole rings is 1. The van der Waals surface area contributed by atoms with E-state index in [1.54, 1.807) is 0 Å². The molecule has 3 rings (SSSR count). The second-order valence-electron chi connectivity index (χ2n) is 5.51. The largest absolute Gasteiger partial charge is 0.334 e. The van der Waals surface area contributed by atoms with Crippen molar-refractivity contribution in [2.24, 2.45) is 12.8 Å². The van der Waals surface area contributed by atoms with Gasteiger partial charge in [0, 0.05) is 20.1 Å². The third-order valence-electron chi connectivity index (χ3n) is 4.25. The van der Waals surface area contributed by atoms with Crippen LogP contribution in [0.3, 0.4) is 0 Å². The summed E-state index contributed by atoms with van der Waals surface area (Å²) >= 11 is 0. The van der Waals surface area contributed by atoms with Gasteiger partial charge in [-0.2, -0.15) is 0 Å². The van der Waals surface area contributed by atoms with E-state index < -0.39 is 0 Å². The molecule has 2 aromatic rings. The number of fused-ring (bicyclic) bond motifs is 1. The molecule has 1 saturated heterocycles. The normalized spacial score (nSPS) is 18.2. The average molecular weight is 258 g/mol. The highest BCUT2D eigenvalue weighted by molar-refractivity contribution is 5.76. The number of piperidine rings is 1. The fourth-order valence-electron chi connectivity index (χ4n) is 3.08. The number of benzene rings is 1. The van der Waals surface area contributed by atoms with Crippen molar-refractivity contribution in [2.45, 2.75) is 18.8 Å². The van der Waals surface area contributed by atoms with Crippen LogP contribution in [-0.4, -0.2) is 40.6 Å². The van der Waals surface area contributed by atoms with Crippen molar-refractivity contribution in [3.8, 4) is 0 Å². The molecule has 0 bridgehead atoms. The lowest BCUT2D eigenvalue weighted by atomic mass is 9.89. The Morgan fingerprint density at radius 3 is 2.84 bits per heavy atom. The summed E-state index contributed by atoms with van der Waals surface area (Å²) in [5, 5.41) is 0. The van der Waals surface area contributed by atoms with Gasteiger partial charge in [-0.05, 0) is 49.5 Å². The summed E-state index contributed by atoms with van der Waals surface area (Å²) in [5.74, 6) is 0.681. The fraction of sp³-hybridized carbons (Fsp3) is 0.533. The molecule has 4 heteroatoms. The lowest BCUT2D eigenvalue weighted by Crippen LogP contribution is -2.36. The monoisotopic (exact) mass is 258 g/mol. The third-order valence-corrected chi connectivity index (χ3v) is 4.25. The van der Waals surface area contributed by atoms with Crippen LogP contribution in [-0.2, 0) is 7.05 Å². The van der Waals surface area contributed by atoms with Crippen LogP contribution in [0, 0.1) is 0 Å². The highest BCUT2D eigenvalue weighted by Gasteiger charge is 2.20. The molecule has 1 aromatic heterocycles. The molecule has 2 heterocycles. The molecule has 1 aliphatic rings. The quantitative estimate of drug-likeness (QED) is 0.911. The molecule has 0 saturated carbocycles. The number of nitrogens with zero attached hydrogens (tertiary/aromatic N) is 3. The van der Waals surface area contributed by atoms with Gasteiger partial charge in [0.1, 0.15) is 0 Å². The van der Waals surface area contributed by atoms with E-state index in [1.807, 2.05) is 13.4 Å². The number of hydrogen-bond acceptors (Lipinski definition) is 3. The first-order valence-corrected chi connectivity index (χ1v) is 7.11. The van der Waals surface area contributed by atoms with Crippen LogP contribution >= 0.6 is 0 Å². The summed E-state index contributed by atoms with van der Waals surface area (Å²) in [6.45, 7) is 4.14. The van der Waals surface area contributed by atoms with Crippen LogP contribution in [0.15, 0.2) is 24.5 Å². The van der Waals surface area contributed by atoms with Crippen LogP contribution in [0.5, 0.6) is 0 Å². The zero-order valence-electron chi connectivity index (χ0n) is 11.5. The van der Waals surface area contributed by atoms with Gasteiger partial charge in [-0.25, -0.2) is 4.98 Å². The van der Waals surface area contributed by atoms with E-state index in [1.165, 1.54) is 37.0 Å². The molecule has 1 aromatic carbocycles. The second kappa shape index (κ2) is 5.31. The van der Waals surface area contributed by atoms with Gasteiger partial charge >= 0.3 is 0 Å². The first kappa shape index (κ1) is 12.6. The summed E-state index contributed by atoms with van der Waals surface area (Å²) in [5.41, 5.74) is 9.39. The standard InChI is InChI=1S/C15H22N4/c1-18-11-17-14-10-13(2-3-15(14)18)12-4-7-19(8-5-12)9-6-16/h2-3,10-12H,4-9,16H2,1H3. The van der Waals surface area contributed by atoms with E-state index in [0.717, 1.165) is 18.6 Å². The highest BCUT2D eigenvalue weighted by Crippen LogP contribution is 2.29. The Morgan fingerprint density at radius 2 is 2.11 bits per heavy atom. The Hall–Kier alpha value is -1.39. The summed E-state index contributed by atoms with van der Waals surface area (Å²) < 4.78 is 2.07. The van der Waals surface area contributed by atoms with Crippen molar-refractivity contribution < 1.29 is 0 Å². The van der Waals surface area contributed by atoms with Crippen molar-refractivity contribution in [1.29, 1.82) is 0 Å². The van der Waals surface area contributed by atoms with Crippen LogP contribution < -0.4 is 5.73 Å². The maximum Gasteiger partial charge on any atom is 0.0955 e. The molecule has 0 amide bonds. The Balaban J connectivity index is 1.74. The molecule has 4 nitrogen and oxygen atoms in total. The molecule has 0 aliphatic carbocycles. The summed E-state index contributed by atoms with van der Waals surface area (Å²) in [7, 11) is 2.04. The van der Waals surface area contributed by atoms with Crippen molar-refractivity contribution >= 4 is 11.0 Å². The third kappa shape index (κ3) is 2.51. The Morgan fingerprint density at radius 1 is 1.32 bits per heavy atom. The first-order valence-electron chi connectivity index (χ1n) is 7.11. The minimum atomic E-state index is 0.681. The average Bonchev–Trinajstić information content (AvgIpc) is 2.81. The van der Waals surface area contributed by atoms with E-state index in [9.17, 15) is 0 Å². The number of likely N-dealkylation sites (tertiary alicyclic amines) is 1. The second-order valence-corrected chi connectivity index (χ2v) is 5.51. The van der Waals surface area contributed by atoms with Gasteiger partial charge in [0.05, 0.1) is 17.4 Å². The fourth-order valence-corrected chi connectivity index (χ4v) is 3.08. The predicted octanol–water partition coefficient (Wildman–Crippen LogP) is 1.71. The molecule has 2 N–H and O–H groups in total. The van der Waals surface area contributed by atoms with Gasteiger partial charge in [-0.1, -0.05) is 6.07 Å². The number of aryl methyl sites for hydroxylation is 1. The Kier molecular flexibility index (Phi) is 3.53. The van der Waals surface area contributed by atoms with E-state index in [-0.39, 0.29) is 0 Å². The van der Waals surface area contributed by atoms with Crippen LogP contribution in [0.2, 0.25) is 0 Å². The van der Waals surface area contributed by atoms with Crippen LogP contribution in [0.25, 0.3) is 11.0 Å². The van der Waals surface area contributed by atoms with Gasteiger partial charge < -0.3 is 15.2 Å². The van der Waals surface area contributed by atoms with E-state index in [2.05, 4.69) is 32.7 Å². The lowest BCUT2D eigenvalue weighted by Gasteiger charge is -2.31. The number of nitrogens with two attached hydrogens (primary N) is 1. The molecule has 102 valence electrons. The molecule has 1 fully saturated rings. The molecule has 0 atom stereocenters.